The van der Waals surface area contributed by atoms with Crippen molar-refractivity contribution in [1.29, 1.82) is 0 Å². The second kappa shape index (κ2) is 5.83. The smallest absolute Gasteiger partial charge is 0.229 e. The van der Waals surface area contributed by atoms with Crippen molar-refractivity contribution in [1.82, 2.24) is 24.6 Å². The molecular formula is C16H23N5O. The predicted octanol–water partition coefficient (Wildman–Crippen LogP) is 2.54. The fourth-order valence-electron chi connectivity index (χ4n) is 3.30. The van der Waals surface area contributed by atoms with Gasteiger partial charge in [-0.15, -0.1) is 0 Å². The van der Waals surface area contributed by atoms with Crippen LogP contribution in [0.4, 0.5) is 0 Å². The minimum Gasteiger partial charge on any atom is -0.339 e. The lowest BCUT2D eigenvalue weighted by Gasteiger charge is -2.30. The summed E-state index contributed by atoms with van der Waals surface area (Å²) in [7, 11) is 0. The molecule has 118 valence electrons. The van der Waals surface area contributed by atoms with E-state index < -0.39 is 0 Å². The average molecular weight is 301 g/mol. The van der Waals surface area contributed by atoms with E-state index in [2.05, 4.69) is 37.7 Å². The predicted molar refractivity (Wildman–Crippen MR) is 81.4 cm³/mol. The third kappa shape index (κ3) is 2.79. The van der Waals surface area contributed by atoms with Crippen LogP contribution in [0.25, 0.3) is 0 Å². The standard InChI is InChI=1S/C16H23N5O/c1-2-21-9-7-17-14(21)11-20-8-3-4-13(10-20)15-18-16(22-19-15)12-5-6-12/h7,9,12-13H,2-6,8,10-11H2,1H3/t13-/m1/s1. The molecule has 2 fully saturated rings. The normalized spacial score (nSPS) is 23.0. The van der Waals surface area contributed by atoms with Crippen molar-refractivity contribution in [2.45, 2.75) is 57.5 Å². The summed E-state index contributed by atoms with van der Waals surface area (Å²) >= 11 is 0. The van der Waals surface area contributed by atoms with Crippen LogP contribution in [0.1, 0.15) is 62.0 Å². The minimum absolute atomic E-state index is 0.398. The van der Waals surface area contributed by atoms with E-state index >= 15 is 0 Å². The molecule has 1 saturated heterocycles. The second-order valence-corrected chi connectivity index (χ2v) is 6.47. The number of hydrogen-bond donors (Lipinski definition) is 0. The zero-order valence-electron chi connectivity index (χ0n) is 13.1. The molecule has 0 bridgehead atoms. The molecule has 4 rings (SSSR count). The van der Waals surface area contributed by atoms with Crippen molar-refractivity contribution in [2.24, 2.45) is 0 Å². The summed E-state index contributed by atoms with van der Waals surface area (Å²) < 4.78 is 7.63. The van der Waals surface area contributed by atoms with Gasteiger partial charge in [-0.05, 0) is 39.2 Å². The summed E-state index contributed by atoms with van der Waals surface area (Å²) in [6.45, 7) is 6.16. The first-order valence-corrected chi connectivity index (χ1v) is 8.39. The van der Waals surface area contributed by atoms with Crippen molar-refractivity contribution < 1.29 is 4.52 Å². The number of imidazole rings is 1. The van der Waals surface area contributed by atoms with E-state index in [9.17, 15) is 0 Å². The van der Waals surface area contributed by atoms with Gasteiger partial charge in [-0.3, -0.25) is 4.90 Å². The monoisotopic (exact) mass is 301 g/mol. The average Bonchev–Trinajstić information content (AvgIpc) is 3.11. The molecule has 0 N–H and O–H groups in total. The molecule has 0 amide bonds. The van der Waals surface area contributed by atoms with Gasteiger partial charge in [-0.1, -0.05) is 5.16 Å². The number of hydrogen-bond acceptors (Lipinski definition) is 5. The highest BCUT2D eigenvalue weighted by Crippen LogP contribution is 2.39. The van der Waals surface area contributed by atoms with Gasteiger partial charge in [-0.25, -0.2) is 4.98 Å². The fraction of sp³-hybridized carbons (Fsp3) is 0.688. The summed E-state index contributed by atoms with van der Waals surface area (Å²) in [5.41, 5.74) is 0. The Kier molecular flexibility index (Phi) is 3.70. The number of aryl methyl sites for hydroxylation is 1. The molecule has 1 aliphatic heterocycles. The van der Waals surface area contributed by atoms with Crippen LogP contribution in [0, 0.1) is 0 Å². The Bertz CT molecular complexity index is 630. The van der Waals surface area contributed by atoms with E-state index in [1.165, 1.54) is 19.3 Å². The van der Waals surface area contributed by atoms with E-state index in [1.807, 2.05) is 6.20 Å². The molecular weight excluding hydrogens is 278 g/mol. The maximum Gasteiger partial charge on any atom is 0.229 e. The molecule has 0 aromatic carbocycles. The van der Waals surface area contributed by atoms with Gasteiger partial charge in [0.15, 0.2) is 5.82 Å². The quantitative estimate of drug-likeness (QED) is 0.849. The molecule has 1 aliphatic carbocycles. The molecule has 2 aromatic rings. The number of aromatic nitrogens is 4. The van der Waals surface area contributed by atoms with Crippen LogP contribution in [0.2, 0.25) is 0 Å². The van der Waals surface area contributed by atoms with Crippen LogP contribution in [-0.2, 0) is 13.1 Å². The maximum absolute atomic E-state index is 5.42. The SMILES string of the molecule is CCn1ccnc1CN1CCC[C@@H](c2noc(C3CC3)n2)C1. The van der Waals surface area contributed by atoms with Crippen LogP contribution in [0.15, 0.2) is 16.9 Å². The van der Waals surface area contributed by atoms with Gasteiger partial charge in [0.1, 0.15) is 5.82 Å². The maximum atomic E-state index is 5.42. The number of rotatable bonds is 5. The van der Waals surface area contributed by atoms with Crippen molar-refractivity contribution in [2.75, 3.05) is 13.1 Å². The van der Waals surface area contributed by atoms with Gasteiger partial charge in [0.25, 0.3) is 0 Å². The number of piperidine rings is 1. The van der Waals surface area contributed by atoms with E-state index in [-0.39, 0.29) is 0 Å². The molecule has 0 radical (unpaired) electrons. The topological polar surface area (TPSA) is 60.0 Å². The second-order valence-electron chi connectivity index (χ2n) is 6.47. The van der Waals surface area contributed by atoms with Crippen LogP contribution in [0.3, 0.4) is 0 Å². The summed E-state index contributed by atoms with van der Waals surface area (Å²) in [4.78, 5) is 11.6. The summed E-state index contributed by atoms with van der Waals surface area (Å²) in [5.74, 6) is 3.85. The highest BCUT2D eigenvalue weighted by Gasteiger charge is 2.32. The summed E-state index contributed by atoms with van der Waals surface area (Å²) in [6, 6.07) is 0. The molecule has 22 heavy (non-hydrogen) atoms. The van der Waals surface area contributed by atoms with Crippen LogP contribution >= 0.6 is 0 Å². The molecule has 0 unspecified atom stereocenters. The van der Waals surface area contributed by atoms with Gasteiger partial charge in [0.2, 0.25) is 5.89 Å². The molecule has 6 nitrogen and oxygen atoms in total. The Hall–Kier alpha value is -1.69. The highest BCUT2D eigenvalue weighted by atomic mass is 16.5. The third-order valence-electron chi connectivity index (χ3n) is 4.76. The zero-order valence-corrected chi connectivity index (χ0v) is 13.1. The first kappa shape index (κ1) is 13.9. The van der Waals surface area contributed by atoms with Gasteiger partial charge in [0.05, 0.1) is 6.54 Å². The minimum atomic E-state index is 0.398. The first-order valence-electron chi connectivity index (χ1n) is 8.39. The number of likely N-dealkylation sites (tertiary alicyclic amines) is 1. The number of nitrogens with zero attached hydrogens (tertiary/aromatic N) is 5. The van der Waals surface area contributed by atoms with Crippen molar-refractivity contribution in [3.63, 3.8) is 0 Å². The molecule has 1 atom stereocenters. The lowest BCUT2D eigenvalue weighted by molar-refractivity contribution is 0.188. The lowest BCUT2D eigenvalue weighted by atomic mass is 9.97. The fourth-order valence-corrected chi connectivity index (χ4v) is 3.30. The molecule has 3 heterocycles. The van der Waals surface area contributed by atoms with Gasteiger partial charge in [-0.2, -0.15) is 4.98 Å². The van der Waals surface area contributed by atoms with Crippen LogP contribution < -0.4 is 0 Å². The van der Waals surface area contributed by atoms with Crippen LogP contribution in [-0.4, -0.2) is 37.7 Å². The molecule has 2 aromatic heterocycles. The van der Waals surface area contributed by atoms with Gasteiger partial charge < -0.3 is 9.09 Å². The molecule has 2 aliphatic rings. The largest absolute Gasteiger partial charge is 0.339 e. The Morgan fingerprint density at radius 1 is 1.27 bits per heavy atom. The van der Waals surface area contributed by atoms with Crippen molar-refractivity contribution >= 4 is 0 Å². The van der Waals surface area contributed by atoms with Gasteiger partial charge in [0, 0.05) is 37.3 Å². The van der Waals surface area contributed by atoms with E-state index in [1.54, 1.807) is 0 Å². The van der Waals surface area contributed by atoms with Crippen molar-refractivity contribution in [3.05, 3.63) is 29.9 Å². The Labute approximate surface area is 130 Å². The van der Waals surface area contributed by atoms with Crippen LogP contribution in [0.5, 0.6) is 0 Å². The van der Waals surface area contributed by atoms with Gasteiger partial charge >= 0.3 is 0 Å². The Balaban J connectivity index is 1.42. The van der Waals surface area contributed by atoms with E-state index in [0.29, 0.717) is 11.8 Å². The Morgan fingerprint density at radius 2 is 2.18 bits per heavy atom. The lowest BCUT2D eigenvalue weighted by Crippen LogP contribution is -2.35. The molecule has 0 spiro atoms. The molecule has 1 saturated carbocycles. The van der Waals surface area contributed by atoms with E-state index in [4.69, 9.17) is 4.52 Å². The zero-order chi connectivity index (χ0) is 14.9. The molecule has 6 heteroatoms. The summed E-state index contributed by atoms with van der Waals surface area (Å²) in [5, 5.41) is 4.23. The Morgan fingerprint density at radius 3 is 3.00 bits per heavy atom. The first-order chi connectivity index (χ1) is 10.8. The third-order valence-corrected chi connectivity index (χ3v) is 4.76. The van der Waals surface area contributed by atoms with E-state index in [0.717, 1.165) is 50.1 Å². The van der Waals surface area contributed by atoms with Crippen molar-refractivity contribution in [3.8, 4) is 0 Å². The highest BCUT2D eigenvalue weighted by molar-refractivity contribution is 5.06. The summed E-state index contributed by atoms with van der Waals surface area (Å²) in [6.07, 6.45) is 8.70.